The molecule has 0 saturated heterocycles. The Morgan fingerprint density at radius 2 is 2.04 bits per heavy atom. The van der Waals surface area contributed by atoms with Crippen LogP contribution in [-0.2, 0) is 11.3 Å². The van der Waals surface area contributed by atoms with Crippen molar-refractivity contribution in [2.24, 2.45) is 11.8 Å². The number of aromatic nitrogens is 2. The predicted octanol–water partition coefficient (Wildman–Crippen LogP) is 4.57. The van der Waals surface area contributed by atoms with Crippen LogP contribution in [0.3, 0.4) is 0 Å². The lowest BCUT2D eigenvalue weighted by Gasteiger charge is -2.35. The molecule has 27 heavy (non-hydrogen) atoms. The molecule has 1 aromatic carbocycles. The van der Waals surface area contributed by atoms with Gasteiger partial charge in [-0.15, -0.1) is 10.2 Å². The summed E-state index contributed by atoms with van der Waals surface area (Å²) in [5.74, 6) is 1.31. The quantitative estimate of drug-likeness (QED) is 0.662. The van der Waals surface area contributed by atoms with Crippen LogP contribution < -0.4 is 10.6 Å². The molecule has 0 bridgehead atoms. The van der Waals surface area contributed by atoms with Crippen LogP contribution in [0, 0.1) is 11.8 Å². The van der Waals surface area contributed by atoms with Gasteiger partial charge in [0.25, 0.3) is 0 Å². The predicted molar refractivity (Wildman–Crippen MR) is 113 cm³/mol. The lowest BCUT2D eigenvalue weighted by molar-refractivity contribution is -0.121. The zero-order valence-electron chi connectivity index (χ0n) is 16.1. The van der Waals surface area contributed by atoms with Crippen molar-refractivity contribution in [2.75, 3.05) is 5.32 Å². The van der Waals surface area contributed by atoms with Crippen LogP contribution in [0.5, 0.6) is 0 Å². The number of nitrogens with one attached hydrogen (secondary N) is 2. The van der Waals surface area contributed by atoms with Gasteiger partial charge in [-0.3, -0.25) is 4.79 Å². The standard InChI is InChI=1S/C20H28N4OS2/c1-13-8-7-11-17(14(13)2)22-18(25)15(3)26-20-24-23-19(27-20)21-12-16-9-5-4-6-10-16/h4-6,9-10,13-15,17H,7-8,11-12H2,1-3H3,(H,21,23)(H,22,25)/t13-,14+,15+,17+/m0/s1. The highest BCUT2D eigenvalue weighted by atomic mass is 32.2. The number of nitrogens with zero attached hydrogens (tertiary/aromatic N) is 2. The van der Waals surface area contributed by atoms with E-state index in [1.54, 1.807) is 0 Å². The summed E-state index contributed by atoms with van der Waals surface area (Å²) in [6.45, 7) is 7.19. The third-order valence-corrected chi connectivity index (χ3v) is 7.44. The highest BCUT2D eigenvalue weighted by molar-refractivity contribution is 8.02. The Labute approximate surface area is 169 Å². The van der Waals surface area contributed by atoms with Gasteiger partial charge in [0, 0.05) is 12.6 Å². The molecule has 1 amide bonds. The van der Waals surface area contributed by atoms with E-state index in [0.29, 0.717) is 24.4 Å². The van der Waals surface area contributed by atoms with Crippen molar-refractivity contribution in [3.8, 4) is 0 Å². The number of rotatable bonds is 7. The van der Waals surface area contributed by atoms with Crippen LogP contribution in [0.15, 0.2) is 34.7 Å². The van der Waals surface area contributed by atoms with Crippen LogP contribution in [0.2, 0.25) is 0 Å². The average molecular weight is 405 g/mol. The second-order valence-corrected chi connectivity index (χ2v) is 9.92. The zero-order chi connectivity index (χ0) is 19.2. The van der Waals surface area contributed by atoms with Crippen LogP contribution in [0.4, 0.5) is 5.13 Å². The molecule has 0 spiro atoms. The lowest BCUT2D eigenvalue weighted by Crippen LogP contribution is -2.46. The molecule has 1 aromatic heterocycles. The van der Waals surface area contributed by atoms with Gasteiger partial charge in [-0.25, -0.2) is 0 Å². The van der Waals surface area contributed by atoms with Gasteiger partial charge in [-0.2, -0.15) is 0 Å². The second-order valence-electron chi connectivity index (χ2n) is 7.35. The van der Waals surface area contributed by atoms with E-state index in [2.05, 4.69) is 46.8 Å². The molecule has 1 aliphatic rings. The average Bonchev–Trinajstić information content (AvgIpc) is 3.12. The smallest absolute Gasteiger partial charge is 0.233 e. The minimum atomic E-state index is -0.177. The molecule has 1 heterocycles. The number of hydrogen-bond donors (Lipinski definition) is 2. The van der Waals surface area contributed by atoms with E-state index in [-0.39, 0.29) is 11.2 Å². The molecule has 146 valence electrons. The molecule has 1 aliphatic carbocycles. The summed E-state index contributed by atoms with van der Waals surface area (Å²) in [7, 11) is 0. The maximum absolute atomic E-state index is 12.6. The first-order chi connectivity index (χ1) is 13.0. The zero-order valence-corrected chi connectivity index (χ0v) is 17.8. The fraction of sp³-hybridized carbons (Fsp3) is 0.550. The minimum Gasteiger partial charge on any atom is -0.356 e. The highest BCUT2D eigenvalue weighted by Gasteiger charge is 2.29. The maximum atomic E-state index is 12.6. The van der Waals surface area contributed by atoms with E-state index in [1.807, 2.05) is 25.1 Å². The first-order valence-electron chi connectivity index (χ1n) is 9.61. The van der Waals surface area contributed by atoms with E-state index >= 15 is 0 Å². The van der Waals surface area contributed by atoms with Gasteiger partial charge in [-0.05, 0) is 30.7 Å². The summed E-state index contributed by atoms with van der Waals surface area (Å²) >= 11 is 2.97. The van der Waals surface area contributed by atoms with Crippen molar-refractivity contribution in [1.29, 1.82) is 0 Å². The van der Waals surface area contributed by atoms with Crippen LogP contribution >= 0.6 is 23.1 Å². The fourth-order valence-electron chi connectivity index (χ4n) is 3.39. The molecule has 7 heteroatoms. The van der Waals surface area contributed by atoms with E-state index in [4.69, 9.17) is 0 Å². The Morgan fingerprint density at radius 3 is 2.81 bits per heavy atom. The fourth-order valence-corrected chi connectivity index (χ4v) is 5.29. The second kappa shape index (κ2) is 9.55. The Kier molecular flexibility index (Phi) is 7.13. The third-order valence-electron chi connectivity index (χ3n) is 5.37. The highest BCUT2D eigenvalue weighted by Crippen LogP contribution is 2.31. The summed E-state index contributed by atoms with van der Waals surface area (Å²) in [6, 6.07) is 10.5. The topological polar surface area (TPSA) is 66.9 Å². The van der Waals surface area contributed by atoms with Crippen LogP contribution in [-0.4, -0.2) is 27.4 Å². The lowest BCUT2D eigenvalue weighted by atomic mass is 9.78. The Balaban J connectivity index is 1.48. The maximum Gasteiger partial charge on any atom is 0.233 e. The molecular formula is C20H28N4OS2. The molecule has 3 rings (SSSR count). The van der Waals surface area contributed by atoms with Crippen molar-refractivity contribution in [2.45, 2.75) is 62.2 Å². The van der Waals surface area contributed by atoms with E-state index in [1.165, 1.54) is 41.5 Å². The van der Waals surface area contributed by atoms with Crippen molar-refractivity contribution in [3.05, 3.63) is 35.9 Å². The van der Waals surface area contributed by atoms with Gasteiger partial charge < -0.3 is 10.6 Å². The molecule has 1 fully saturated rings. The Morgan fingerprint density at radius 1 is 1.26 bits per heavy atom. The largest absolute Gasteiger partial charge is 0.356 e. The van der Waals surface area contributed by atoms with Gasteiger partial charge in [0.05, 0.1) is 5.25 Å². The monoisotopic (exact) mass is 404 g/mol. The number of hydrogen-bond acceptors (Lipinski definition) is 6. The molecule has 0 unspecified atom stereocenters. The van der Waals surface area contributed by atoms with E-state index < -0.39 is 0 Å². The summed E-state index contributed by atoms with van der Waals surface area (Å²) in [4.78, 5) is 12.6. The normalized spacial score (nSPS) is 23.6. The molecule has 5 nitrogen and oxygen atoms in total. The first kappa shape index (κ1) is 20.1. The molecule has 1 saturated carbocycles. The summed E-state index contributed by atoms with van der Waals surface area (Å²) < 4.78 is 0.818. The minimum absolute atomic E-state index is 0.0972. The van der Waals surface area contributed by atoms with E-state index in [0.717, 1.165) is 15.9 Å². The van der Waals surface area contributed by atoms with Crippen LogP contribution in [0.25, 0.3) is 0 Å². The molecule has 0 aliphatic heterocycles. The van der Waals surface area contributed by atoms with Crippen molar-refractivity contribution < 1.29 is 4.79 Å². The van der Waals surface area contributed by atoms with Crippen molar-refractivity contribution in [3.63, 3.8) is 0 Å². The van der Waals surface area contributed by atoms with Gasteiger partial charge in [0.2, 0.25) is 11.0 Å². The molecule has 2 N–H and O–H groups in total. The summed E-state index contributed by atoms with van der Waals surface area (Å²) in [5.41, 5.74) is 1.20. The van der Waals surface area contributed by atoms with Crippen molar-refractivity contribution >= 4 is 34.1 Å². The number of anilines is 1. The molecule has 0 radical (unpaired) electrons. The Bertz CT molecular complexity index is 737. The van der Waals surface area contributed by atoms with Crippen LogP contribution in [0.1, 0.15) is 45.6 Å². The van der Waals surface area contributed by atoms with Gasteiger partial charge in [0.1, 0.15) is 0 Å². The van der Waals surface area contributed by atoms with Crippen molar-refractivity contribution in [1.82, 2.24) is 15.5 Å². The third kappa shape index (κ3) is 5.69. The van der Waals surface area contributed by atoms with Gasteiger partial charge in [0.15, 0.2) is 4.34 Å². The molecule has 2 aromatic rings. The number of carbonyl (C=O) groups excluding carboxylic acids is 1. The summed E-state index contributed by atoms with van der Waals surface area (Å²) in [5, 5.41) is 15.5. The SMILES string of the molecule is C[C@@H]1[C@@H](C)CCC[C@H]1NC(=O)[C@@H](C)Sc1nnc(NCc2ccccc2)s1. The number of thioether (sulfide) groups is 1. The Hall–Kier alpha value is -1.60. The number of amides is 1. The summed E-state index contributed by atoms with van der Waals surface area (Å²) in [6.07, 6.45) is 3.55. The first-order valence-corrected chi connectivity index (χ1v) is 11.3. The van der Waals surface area contributed by atoms with Gasteiger partial charge >= 0.3 is 0 Å². The van der Waals surface area contributed by atoms with E-state index in [9.17, 15) is 4.79 Å². The number of carbonyl (C=O) groups is 1. The van der Waals surface area contributed by atoms with Gasteiger partial charge in [-0.1, -0.05) is 80.1 Å². The molecule has 4 atom stereocenters. The number of benzene rings is 1. The molecular weight excluding hydrogens is 376 g/mol.